The fraction of sp³-hybridized carbons (Fsp3) is 0.194. The van der Waals surface area contributed by atoms with Gasteiger partial charge < -0.3 is 9.88 Å². The van der Waals surface area contributed by atoms with Crippen molar-refractivity contribution in [1.29, 1.82) is 0 Å². The van der Waals surface area contributed by atoms with E-state index >= 15 is 0 Å². The third-order valence-corrected chi connectivity index (χ3v) is 8.31. The van der Waals surface area contributed by atoms with E-state index in [0.29, 0.717) is 26.4 Å². The van der Waals surface area contributed by atoms with E-state index in [4.69, 9.17) is 34.8 Å². The molecule has 0 saturated heterocycles. The highest BCUT2D eigenvalue weighted by atomic mass is 35.5. The van der Waals surface area contributed by atoms with Crippen LogP contribution >= 0.6 is 34.8 Å². The van der Waals surface area contributed by atoms with Crippen molar-refractivity contribution in [1.82, 2.24) is 8.97 Å². The summed E-state index contributed by atoms with van der Waals surface area (Å²) < 4.78 is 4.42. The lowest BCUT2D eigenvalue weighted by Gasteiger charge is -2.11. The second-order valence-corrected chi connectivity index (χ2v) is 10.9. The summed E-state index contributed by atoms with van der Waals surface area (Å²) in [7, 11) is 0. The van der Waals surface area contributed by atoms with E-state index in [1.807, 2.05) is 24.3 Å². The van der Waals surface area contributed by atoms with Gasteiger partial charge in [0.2, 0.25) is 0 Å². The number of rotatable bonds is 5. The van der Waals surface area contributed by atoms with Crippen molar-refractivity contribution in [3.8, 4) is 22.4 Å². The number of aromatic nitrogens is 2. The molecule has 0 radical (unpaired) electrons. The summed E-state index contributed by atoms with van der Waals surface area (Å²) in [5, 5.41) is 4.61. The van der Waals surface area contributed by atoms with Gasteiger partial charge in [-0.15, -0.1) is 0 Å². The Morgan fingerprint density at radius 3 is 2.34 bits per heavy atom. The Bertz CT molecular complexity index is 1660. The minimum atomic E-state index is -0.195. The molecule has 0 spiro atoms. The molecule has 0 unspecified atom stereocenters. The normalized spacial score (nSPS) is 13.1. The molecular formula is C31H26Cl3N3O. The molecule has 0 aliphatic carbocycles. The van der Waals surface area contributed by atoms with Crippen molar-refractivity contribution >= 4 is 52.0 Å². The SMILES string of the molecule is CCc1ccc(-c2c3c4n(c(-c5ccc(Cl)cc5)cn4c2C(=O)Nc2ccc(Cl)c(Cl)c2)CCCC3)cc1. The first-order chi connectivity index (χ1) is 18.4. The molecule has 4 nitrogen and oxygen atoms in total. The van der Waals surface area contributed by atoms with Gasteiger partial charge in [-0.25, -0.2) is 0 Å². The summed E-state index contributed by atoms with van der Waals surface area (Å²) in [6.45, 7) is 3.03. The van der Waals surface area contributed by atoms with Gasteiger partial charge in [-0.1, -0.05) is 78.1 Å². The predicted octanol–water partition coefficient (Wildman–Crippen LogP) is 9.19. The Hall–Kier alpha value is -3.18. The maximum Gasteiger partial charge on any atom is 0.273 e. The monoisotopic (exact) mass is 561 g/mol. The van der Waals surface area contributed by atoms with Crippen molar-refractivity contribution < 1.29 is 4.79 Å². The fourth-order valence-electron chi connectivity index (χ4n) is 5.44. The zero-order valence-electron chi connectivity index (χ0n) is 20.9. The number of carbonyl (C=O) groups excluding carboxylic acids is 1. The van der Waals surface area contributed by atoms with E-state index in [9.17, 15) is 4.79 Å². The Morgan fingerprint density at radius 1 is 0.895 bits per heavy atom. The molecule has 38 heavy (non-hydrogen) atoms. The summed E-state index contributed by atoms with van der Waals surface area (Å²) in [6.07, 6.45) is 6.07. The molecule has 7 heteroatoms. The van der Waals surface area contributed by atoms with Crippen LogP contribution < -0.4 is 5.32 Å². The minimum Gasteiger partial charge on any atom is -0.325 e. The van der Waals surface area contributed by atoms with Crippen LogP contribution in [-0.2, 0) is 19.4 Å². The molecule has 3 heterocycles. The summed E-state index contributed by atoms with van der Waals surface area (Å²) in [5.41, 5.74) is 8.90. The minimum absolute atomic E-state index is 0.195. The number of carbonyl (C=O) groups is 1. The van der Waals surface area contributed by atoms with Gasteiger partial charge in [0.25, 0.3) is 5.91 Å². The molecule has 192 valence electrons. The first-order valence-corrected chi connectivity index (χ1v) is 14.0. The first-order valence-electron chi connectivity index (χ1n) is 12.8. The zero-order valence-corrected chi connectivity index (χ0v) is 23.2. The number of anilines is 1. The third kappa shape index (κ3) is 4.41. The number of imidazole rings is 1. The number of nitrogens with one attached hydrogen (secondary N) is 1. The highest BCUT2D eigenvalue weighted by Gasteiger charge is 2.29. The summed E-state index contributed by atoms with van der Waals surface area (Å²) in [6, 6.07) is 21.6. The standard InChI is InChI=1S/C31H26Cl3N3O/c1-2-19-6-8-21(9-7-19)28-24-5-3-4-16-36-27(20-10-12-22(32)13-11-20)18-37(31(24)36)29(28)30(38)35-23-14-15-25(33)26(34)17-23/h6-15,17-18H,2-5,16H2,1H3,(H,35,38). The van der Waals surface area contributed by atoms with E-state index in [2.05, 4.69) is 51.7 Å². The molecule has 0 fully saturated rings. The second kappa shape index (κ2) is 10.2. The molecule has 0 bridgehead atoms. The molecule has 6 rings (SSSR count). The highest BCUT2D eigenvalue weighted by Crippen LogP contribution is 2.40. The maximum atomic E-state index is 14.0. The van der Waals surface area contributed by atoms with Crippen LogP contribution in [0.1, 0.15) is 41.4 Å². The molecule has 0 saturated carbocycles. The van der Waals surface area contributed by atoms with Gasteiger partial charge in [-0.05, 0) is 72.7 Å². The Kier molecular flexibility index (Phi) is 6.73. The first kappa shape index (κ1) is 25.1. The van der Waals surface area contributed by atoms with Crippen LogP contribution in [0.15, 0.2) is 72.9 Å². The Morgan fingerprint density at radius 2 is 1.63 bits per heavy atom. The van der Waals surface area contributed by atoms with Crippen molar-refractivity contribution in [2.24, 2.45) is 0 Å². The van der Waals surface area contributed by atoms with Crippen LogP contribution in [0.5, 0.6) is 0 Å². The van der Waals surface area contributed by atoms with Gasteiger partial charge in [0.1, 0.15) is 11.3 Å². The number of hydrogen-bond donors (Lipinski definition) is 1. The van der Waals surface area contributed by atoms with Crippen molar-refractivity contribution in [3.63, 3.8) is 0 Å². The molecule has 2 aromatic heterocycles. The van der Waals surface area contributed by atoms with Gasteiger partial charge in [-0.2, -0.15) is 0 Å². The predicted molar refractivity (Wildman–Crippen MR) is 158 cm³/mol. The fourth-order valence-corrected chi connectivity index (χ4v) is 5.87. The summed E-state index contributed by atoms with van der Waals surface area (Å²) in [5.74, 6) is -0.195. The van der Waals surface area contributed by atoms with E-state index in [-0.39, 0.29) is 5.91 Å². The molecular weight excluding hydrogens is 537 g/mol. The number of hydrogen-bond acceptors (Lipinski definition) is 1. The number of amides is 1. The lowest BCUT2D eigenvalue weighted by Crippen LogP contribution is -2.15. The summed E-state index contributed by atoms with van der Waals surface area (Å²) >= 11 is 18.5. The van der Waals surface area contributed by atoms with E-state index < -0.39 is 0 Å². The van der Waals surface area contributed by atoms with Crippen LogP contribution in [0.3, 0.4) is 0 Å². The van der Waals surface area contributed by atoms with Crippen LogP contribution in [0.2, 0.25) is 15.1 Å². The molecule has 1 N–H and O–H groups in total. The third-order valence-electron chi connectivity index (χ3n) is 7.32. The quantitative estimate of drug-likeness (QED) is 0.228. The number of aryl methyl sites for hydroxylation is 3. The molecule has 1 aliphatic heterocycles. The van der Waals surface area contributed by atoms with Gasteiger partial charge in [0.05, 0.1) is 15.7 Å². The average Bonchev–Trinajstić information content (AvgIpc) is 3.34. The van der Waals surface area contributed by atoms with E-state index in [1.54, 1.807) is 18.2 Å². The smallest absolute Gasteiger partial charge is 0.273 e. The zero-order chi connectivity index (χ0) is 26.4. The van der Waals surface area contributed by atoms with Gasteiger partial charge in [-0.3, -0.25) is 9.20 Å². The average molecular weight is 563 g/mol. The van der Waals surface area contributed by atoms with Crippen molar-refractivity contribution in [2.75, 3.05) is 5.32 Å². The second-order valence-electron chi connectivity index (χ2n) is 9.66. The number of benzene rings is 3. The van der Waals surface area contributed by atoms with Crippen molar-refractivity contribution in [2.45, 2.75) is 39.2 Å². The molecule has 0 atom stereocenters. The summed E-state index contributed by atoms with van der Waals surface area (Å²) in [4.78, 5) is 14.0. The van der Waals surface area contributed by atoms with Crippen LogP contribution in [0.4, 0.5) is 5.69 Å². The topological polar surface area (TPSA) is 38.4 Å². The largest absolute Gasteiger partial charge is 0.325 e. The lowest BCUT2D eigenvalue weighted by molar-refractivity contribution is 0.102. The van der Waals surface area contributed by atoms with E-state index in [1.165, 1.54) is 11.1 Å². The van der Waals surface area contributed by atoms with Gasteiger partial charge >= 0.3 is 0 Å². The van der Waals surface area contributed by atoms with Crippen LogP contribution in [-0.4, -0.2) is 14.9 Å². The number of halogens is 3. The Labute approximate surface area is 236 Å². The molecule has 5 aromatic rings. The number of nitrogens with zero attached hydrogens (tertiary/aromatic N) is 2. The lowest BCUT2D eigenvalue weighted by atomic mass is 9.96. The van der Waals surface area contributed by atoms with E-state index in [0.717, 1.165) is 60.3 Å². The highest BCUT2D eigenvalue weighted by molar-refractivity contribution is 6.42. The van der Waals surface area contributed by atoms with Gasteiger partial charge in [0, 0.05) is 34.6 Å². The molecule has 1 aliphatic rings. The van der Waals surface area contributed by atoms with Gasteiger partial charge in [0.15, 0.2) is 0 Å². The maximum absolute atomic E-state index is 14.0. The van der Waals surface area contributed by atoms with Crippen LogP contribution in [0, 0.1) is 0 Å². The van der Waals surface area contributed by atoms with Crippen LogP contribution in [0.25, 0.3) is 28.0 Å². The molecule has 3 aromatic carbocycles. The Balaban J connectivity index is 1.58. The van der Waals surface area contributed by atoms with Crippen molar-refractivity contribution in [3.05, 3.63) is 105 Å². The molecule has 1 amide bonds.